The summed E-state index contributed by atoms with van der Waals surface area (Å²) in [6.07, 6.45) is 1.68. The van der Waals surface area contributed by atoms with Crippen molar-refractivity contribution < 1.29 is 0 Å². The number of rotatable bonds is 3. The zero-order valence-electron chi connectivity index (χ0n) is 9.88. The molecule has 90 valence electrons. The van der Waals surface area contributed by atoms with E-state index in [-0.39, 0.29) is 11.8 Å². The third kappa shape index (κ3) is 2.39. The molecule has 0 bridgehead atoms. The van der Waals surface area contributed by atoms with Gasteiger partial charge in [-0.2, -0.15) is 9.97 Å². The number of nitrogens with two attached hydrogens (primary N) is 2. The highest BCUT2D eigenvalue weighted by Gasteiger charge is 2.08. The molecule has 0 amide bonds. The molecule has 0 spiro atoms. The Balaban J connectivity index is 2.43. The predicted molar refractivity (Wildman–Crippen MR) is 66.0 cm³/mol. The largest absolute Gasteiger partial charge is 0.382 e. The summed E-state index contributed by atoms with van der Waals surface area (Å²) in [7, 11) is 2.01. The van der Waals surface area contributed by atoms with Crippen molar-refractivity contribution in [2.24, 2.45) is 0 Å². The van der Waals surface area contributed by atoms with Gasteiger partial charge in [0.05, 0.1) is 11.9 Å². The fourth-order valence-electron chi connectivity index (χ4n) is 1.45. The van der Waals surface area contributed by atoms with Gasteiger partial charge < -0.3 is 16.4 Å². The molecule has 2 heterocycles. The van der Waals surface area contributed by atoms with E-state index in [4.69, 9.17) is 11.5 Å². The monoisotopic (exact) mass is 233 g/mol. The summed E-state index contributed by atoms with van der Waals surface area (Å²) in [4.78, 5) is 18.6. The number of nitrogen functional groups attached to an aromatic ring is 2. The first-order chi connectivity index (χ1) is 8.10. The van der Waals surface area contributed by atoms with Crippen molar-refractivity contribution in [3.8, 4) is 0 Å². The summed E-state index contributed by atoms with van der Waals surface area (Å²) >= 11 is 0. The molecule has 17 heavy (non-hydrogen) atoms. The van der Waals surface area contributed by atoms with Crippen molar-refractivity contribution in [3.05, 3.63) is 11.9 Å². The van der Waals surface area contributed by atoms with E-state index in [1.807, 2.05) is 7.05 Å². The number of aromatic nitrogens is 4. The molecule has 7 nitrogen and oxygen atoms in total. The van der Waals surface area contributed by atoms with Gasteiger partial charge in [0.25, 0.3) is 0 Å². The third-order valence-corrected chi connectivity index (χ3v) is 2.47. The molecule has 0 aliphatic heterocycles. The zero-order chi connectivity index (χ0) is 12.4. The van der Waals surface area contributed by atoms with Crippen molar-refractivity contribution in [1.82, 2.24) is 24.8 Å². The molecule has 2 aromatic heterocycles. The molecule has 0 radical (unpaired) electrons. The van der Waals surface area contributed by atoms with E-state index in [1.165, 1.54) is 0 Å². The molecule has 0 fully saturated rings. The molecule has 0 atom stereocenters. The summed E-state index contributed by atoms with van der Waals surface area (Å²) in [5.41, 5.74) is 13.0. The van der Waals surface area contributed by atoms with Crippen molar-refractivity contribution in [1.29, 1.82) is 0 Å². The lowest BCUT2D eigenvalue weighted by Crippen LogP contribution is -2.18. The average Bonchev–Trinajstić information content (AvgIpc) is 2.28. The van der Waals surface area contributed by atoms with Crippen LogP contribution in [0.3, 0.4) is 0 Å². The Morgan fingerprint density at radius 2 is 2.00 bits per heavy atom. The second kappa shape index (κ2) is 4.46. The number of nitrogens with zero attached hydrogens (tertiary/aromatic N) is 5. The normalized spacial score (nSPS) is 11.2. The van der Waals surface area contributed by atoms with E-state index in [1.54, 1.807) is 6.20 Å². The Labute approximate surface area is 98.9 Å². The van der Waals surface area contributed by atoms with Gasteiger partial charge in [0.1, 0.15) is 5.52 Å². The highest BCUT2D eigenvalue weighted by molar-refractivity contribution is 5.81. The lowest BCUT2D eigenvalue weighted by molar-refractivity contribution is 0.341. The first kappa shape index (κ1) is 11.5. The van der Waals surface area contributed by atoms with Gasteiger partial charge in [-0.05, 0) is 13.6 Å². The van der Waals surface area contributed by atoms with Gasteiger partial charge in [0.2, 0.25) is 5.95 Å². The molecule has 7 heteroatoms. The molecule has 2 aromatic rings. The van der Waals surface area contributed by atoms with Crippen molar-refractivity contribution >= 4 is 22.9 Å². The van der Waals surface area contributed by atoms with Crippen LogP contribution < -0.4 is 11.5 Å². The summed E-state index contributed by atoms with van der Waals surface area (Å²) < 4.78 is 0. The lowest BCUT2D eigenvalue weighted by Gasteiger charge is -2.12. The molecule has 0 aliphatic carbocycles. The van der Waals surface area contributed by atoms with E-state index in [0.29, 0.717) is 17.7 Å². The average molecular weight is 233 g/mol. The highest BCUT2D eigenvalue weighted by Crippen LogP contribution is 2.14. The zero-order valence-corrected chi connectivity index (χ0v) is 9.88. The summed E-state index contributed by atoms with van der Waals surface area (Å²) in [5, 5.41) is 0. The van der Waals surface area contributed by atoms with Gasteiger partial charge >= 0.3 is 0 Å². The second-order valence-electron chi connectivity index (χ2n) is 3.83. The molecular weight excluding hydrogens is 218 g/mol. The van der Waals surface area contributed by atoms with Crippen LogP contribution in [0.1, 0.15) is 12.6 Å². The molecule has 0 saturated carbocycles. The second-order valence-corrected chi connectivity index (χ2v) is 3.83. The van der Waals surface area contributed by atoms with Gasteiger partial charge in [-0.3, -0.25) is 0 Å². The molecular formula is C10H15N7. The van der Waals surface area contributed by atoms with Crippen molar-refractivity contribution in [2.45, 2.75) is 13.5 Å². The predicted octanol–water partition coefficient (Wildman–Crippen LogP) is 0.0359. The maximum Gasteiger partial charge on any atom is 0.224 e. The molecule has 4 N–H and O–H groups in total. The van der Waals surface area contributed by atoms with Crippen LogP contribution in [0.2, 0.25) is 0 Å². The SMILES string of the molecule is CCN(C)Cc1cnc2c(N)nc(N)nc2n1. The lowest BCUT2D eigenvalue weighted by atomic mass is 10.4. The van der Waals surface area contributed by atoms with E-state index in [9.17, 15) is 0 Å². The summed E-state index contributed by atoms with van der Waals surface area (Å²) in [5.74, 6) is 0.376. The van der Waals surface area contributed by atoms with Crippen LogP contribution in [0.25, 0.3) is 11.2 Å². The van der Waals surface area contributed by atoms with E-state index < -0.39 is 0 Å². The fraction of sp³-hybridized carbons (Fsp3) is 0.400. The maximum absolute atomic E-state index is 5.69. The Morgan fingerprint density at radius 1 is 1.24 bits per heavy atom. The van der Waals surface area contributed by atoms with Crippen LogP contribution in [0.15, 0.2) is 6.20 Å². The van der Waals surface area contributed by atoms with Gasteiger partial charge in [0.15, 0.2) is 11.5 Å². The Hall–Kier alpha value is -2.02. The Kier molecular flexibility index (Phi) is 3.01. The summed E-state index contributed by atoms with van der Waals surface area (Å²) in [6.45, 7) is 3.73. The van der Waals surface area contributed by atoms with E-state index in [2.05, 4.69) is 31.8 Å². The number of hydrogen-bond acceptors (Lipinski definition) is 7. The molecule has 0 aromatic carbocycles. The van der Waals surface area contributed by atoms with Crippen LogP contribution >= 0.6 is 0 Å². The van der Waals surface area contributed by atoms with Crippen LogP contribution in [0.4, 0.5) is 11.8 Å². The van der Waals surface area contributed by atoms with Crippen LogP contribution in [-0.4, -0.2) is 38.4 Å². The third-order valence-electron chi connectivity index (χ3n) is 2.47. The molecule has 2 rings (SSSR count). The minimum absolute atomic E-state index is 0.116. The van der Waals surface area contributed by atoms with Crippen LogP contribution in [0, 0.1) is 0 Å². The molecule has 0 unspecified atom stereocenters. The smallest absolute Gasteiger partial charge is 0.224 e. The van der Waals surface area contributed by atoms with Crippen molar-refractivity contribution in [2.75, 3.05) is 25.1 Å². The molecule has 0 aliphatic rings. The number of fused-ring (bicyclic) bond motifs is 1. The molecule has 0 saturated heterocycles. The van der Waals surface area contributed by atoms with Crippen LogP contribution in [0.5, 0.6) is 0 Å². The minimum atomic E-state index is 0.116. The summed E-state index contributed by atoms with van der Waals surface area (Å²) in [6, 6.07) is 0. The Morgan fingerprint density at radius 3 is 2.71 bits per heavy atom. The Bertz CT molecular complexity index is 539. The van der Waals surface area contributed by atoms with E-state index in [0.717, 1.165) is 12.2 Å². The van der Waals surface area contributed by atoms with Gasteiger partial charge in [-0.15, -0.1) is 0 Å². The topological polar surface area (TPSA) is 107 Å². The highest BCUT2D eigenvalue weighted by atomic mass is 15.1. The maximum atomic E-state index is 5.69. The van der Waals surface area contributed by atoms with E-state index >= 15 is 0 Å². The number of anilines is 2. The standard InChI is InChI=1S/C10H15N7/c1-3-17(2)5-6-4-13-7-8(11)15-10(12)16-9(7)14-6/h4H,3,5H2,1-2H3,(H4,11,12,14,15,16). The van der Waals surface area contributed by atoms with Crippen LogP contribution in [-0.2, 0) is 6.54 Å². The van der Waals surface area contributed by atoms with Gasteiger partial charge in [-0.25, -0.2) is 9.97 Å². The first-order valence-corrected chi connectivity index (χ1v) is 5.33. The quantitative estimate of drug-likeness (QED) is 0.770. The minimum Gasteiger partial charge on any atom is -0.382 e. The first-order valence-electron chi connectivity index (χ1n) is 5.33. The van der Waals surface area contributed by atoms with Gasteiger partial charge in [-0.1, -0.05) is 6.92 Å². The van der Waals surface area contributed by atoms with Crippen molar-refractivity contribution in [3.63, 3.8) is 0 Å². The van der Waals surface area contributed by atoms with Gasteiger partial charge in [0, 0.05) is 6.54 Å². The fourth-order valence-corrected chi connectivity index (χ4v) is 1.45. The number of hydrogen-bond donors (Lipinski definition) is 2.